The average molecular weight is 291 g/mol. The van der Waals surface area contributed by atoms with E-state index in [4.69, 9.17) is 20.3 Å². The maximum absolute atomic E-state index is 11.6. The summed E-state index contributed by atoms with van der Waals surface area (Å²) in [6.45, 7) is -0.224. The van der Waals surface area contributed by atoms with Crippen LogP contribution in [0.25, 0.3) is 0 Å². The number of phosphoric acid groups is 1. The van der Waals surface area contributed by atoms with Crippen molar-refractivity contribution in [2.75, 3.05) is 12.3 Å². The number of nitrogen functional groups attached to an aromatic ring is 1. The maximum atomic E-state index is 11.6. The van der Waals surface area contributed by atoms with Crippen LogP contribution >= 0.6 is 7.82 Å². The van der Waals surface area contributed by atoms with E-state index < -0.39 is 25.8 Å². The second-order valence-electron chi connectivity index (χ2n) is 4.12. The van der Waals surface area contributed by atoms with Gasteiger partial charge in [0.05, 0.1) is 12.7 Å². The van der Waals surface area contributed by atoms with E-state index in [9.17, 15) is 9.36 Å². The van der Waals surface area contributed by atoms with Gasteiger partial charge in [-0.1, -0.05) is 0 Å². The highest BCUT2D eigenvalue weighted by Gasteiger charge is 2.29. The van der Waals surface area contributed by atoms with Gasteiger partial charge in [-0.15, -0.1) is 0 Å². The van der Waals surface area contributed by atoms with E-state index in [1.807, 2.05) is 0 Å². The molecule has 19 heavy (non-hydrogen) atoms. The third-order valence-electron chi connectivity index (χ3n) is 2.68. The lowest BCUT2D eigenvalue weighted by molar-refractivity contribution is -0.0242. The first-order valence-corrected chi connectivity index (χ1v) is 7.08. The third kappa shape index (κ3) is 3.85. The van der Waals surface area contributed by atoms with E-state index in [-0.39, 0.29) is 12.4 Å². The molecular formula is C9H14N3O6P. The summed E-state index contributed by atoms with van der Waals surface area (Å²) in [6, 6.07) is 1.48. The van der Waals surface area contributed by atoms with Crippen LogP contribution in [0.5, 0.6) is 0 Å². The summed E-state index contributed by atoms with van der Waals surface area (Å²) >= 11 is 0. The van der Waals surface area contributed by atoms with Gasteiger partial charge in [-0.2, -0.15) is 4.98 Å². The number of hydrogen-bond donors (Lipinski definition) is 3. The minimum atomic E-state index is -4.50. The van der Waals surface area contributed by atoms with Crippen molar-refractivity contribution in [3.8, 4) is 0 Å². The molecule has 10 heteroatoms. The number of aromatic nitrogens is 2. The Morgan fingerprint density at radius 2 is 2.32 bits per heavy atom. The van der Waals surface area contributed by atoms with Gasteiger partial charge in [-0.3, -0.25) is 9.09 Å². The number of ether oxygens (including phenoxy) is 1. The number of phosphoric ester groups is 1. The molecule has 1 fully saturated rings. The summed E-state index contributed by atoms with van der Waals surface area (Å²) in [4.78, 5) is 32.3. The molecule has 2 rings (SSSR count). The van der Waals surface area contributed by atoms with Gasteiger partial charge in [0.1, 0.15) is 12.0 Å². The zero-order valence-corrected chi connectivity index (χ0v) is 10.8. The molecule has 1 aliphatic heterocycles. The molecule has 1 aliphatic rings. The van der Waals surface area contributed by atoms with Crippen molar-refractivity contribution in [3.63, 3.8) is 0 Å². The topological polar surface area (TPSA) is 137 Å². The van der Waals surface area contributed by atoms with Crippen LogP contribution in [-0.4, -0.2) is 32.0 Å². The fourth-order valence-electron chi connectivity index (χ4n) is 1.84. The smallest absolute Gasteiger partial charge is 0.383 e. The van der Waals surface area contributed by atoms with E-state index >= 15 is 0 Å². The Morgan fingerprint density at radius 3 is 2.95 bits per heavy atom. The SMILES string of the molecule is Nc1ccn([C@H]2CCC(COP(=O)(O)O)O2)c(=O)n1. The van der Waals surface area contributed by atoms with Crippen molar-refractivity contribution < 1.29 is 23.6 Å². The van der Waals surface area contributed by atoms with Crippen molar-refractivity contribution in [1.29, 1.82) is 0 Å². The zero-order valence-electron chi connectivity index (χ0n) is 9.88. The molecular weight excluding hydrogens is 277 g/mol. The molecule has 106 valence electrons. The highest BCUT2D eigenvalue weighted by atomic mass is 31.2. The fraction of sp³-hybridized carbons (Fsp3) is 0.556. The highest BCUT2D eigenvalue weighted by molar-refractivity contribution is 7.46. The van der Waals surface area contributed by atoms with Crippen LogP contribution in [0.4, 0.5) is 5.82 Å². The molecule has 9 nitrogen and oxygen atoms in total. The van der Waals surface area contributed by atoms with Crippen LogP contribution in [0.15, 0.2) is 17.1 Å². The summed E-state index contributed by atoms with van der Waals surface area (Å²) in [7, 11) is -4.50. The van der Waals surface area contributed by atoms with Crippen LogP contribution in [0.2, 0.25) is 0 Å². The van der Waals surface area contributed by atoms with Gasteiger partial charge in [0, 0.05) is 6.20 Å². The molecule has 0 aromatic carbocycles. The van der Waals surface area contributed by atoms with Gasteiger partial charge < -0.3 is 20.3 Å². The predicted molar refractivity (Wildman–Crippen MR) is 64.0 cm³/mol. The van der Waals surface area contributed by atoms with Crippen LogP contribution < -0.4 is 11.4 Å². The quantitative estimate of drug-likeness (QED) is 0.638. The summed E-state index contributed by atoms with van der Waals surface area (Å²) in [5, 5.41) is 0. The first-order valence-electron chi connectivity index (χ1n) is 5.55. The second-order valence-corrected chi connectivity index (χ2v) is 5.36. The van der Waals surface area contributed by atoms with Gasteiger partial charge in [0.2, 0.25) is 0 Å². The molecule has 0 radical (unpaired) electrons. The molecule has 1 aromatic heterocycles. The van der Waals surface area contributed by atoms with Gasteiger partial charge in [0.15, 0.2) is 0 Å². The van der Waals surface area contributed by atoms with E-state index in [0.717, 1.165) is 0 Å². The minimum Gasteiger partial charge on any atom is -0.383 e. The number of nitrogens with two attached hydrogens (primary N) is 1. The molecule has 1 aromatic rings. The lowest BCUT2D eigenvalue weighted by atomic mass is 10.2. The van der Waals surface area contributed by atoms with Crippen LogP contribution in [0.3, 0.4) is 0 Å². The molecule has 0 aliphatic carbocycles. The van der Waals surface area contributed by atoms with Crippen LogP contribution in [0, 0.1) is 0 Å². The molecule has 2 atom stereocenters. The summed E-state index contributed by atoms with van der Waals surface area (Å²) in [5.41, 5.74) is 4.85. The number of rotatable bonds is 4. The Labute approximate surface area is 108 Å². The minimum absolute atomic E-state index is 0.126. The maximum Gasteiger partial charge on any atom is 0.469 e. The zero-order chi connectivity index (χ0) is 14.0. The summed E-state index contributed by atoms with van der Waals surface area (Å²) in [5.74, 6) is 0.126. The predicted octanol–water partition coefficient (Wildman–Crippen LogP) is -0.388. The Balaban J connectivity index is 1.98. The largest absolute Gasteiger partial charge is 0.469 e. The summed E-state index contributed by atoms with van der Waals surface area (Å²) in [6.07, 6.45) is 1.54. The monoisotopic (exact) mass is 291 g/mol. The summed E-state index contributed by atoms with van der Waals surface area (Å²) < 4.78 is 21.7. The van der Waals surface area contributed by atoms with Gasteiger partial charge in [-0.05, 0) is 18.9 Å². The van der Waals surface area contributed by atoms with Crippen molar-refractivity contribution in [1.82, 2.24) is 9.55 Å². The normalized spacial score (nSPS) is 23.7. The van der Waals surface area contributed by atoms with Crippen molar-refractivity contribution in [3.05, 3.63) is 22.7 Å². The number of anilines is 1. The Bertz CT molecular complexity index is 555. The molecule has 0 saturated carbocycles. The molecule has 4 N–H and O–H groups in total. The average Bonchev–Trinajstić information content (AvgIpc) is 2.74. The standard InChI is InChI=1S/C9H14N3O6P/c10-7-3-4-12(9(13)11-7)8-2-1-6(18-8)5-17-19(14,15)16/h3-4,6,8H,1-2,5H2,(H2,10,11,13)(H2,14,15,16)/t6?,8-/m1/s1. The molecule has 1 saturated heterocycles. The fourth-order valence-corrected chi connectivity index (χ4v) is 2.20. The lowest BCUT2D eigenvalue weighted by Crippen LogP contribution is -2.27. The molecule has 0 bridgehead atoms. The Hall–Kier alpha value is -1.25. The van der Waals surface area contributed by atoms with Crippen LogP contribution in [-0.2, 0) is 13.8 Å². The third-order valence-corrected chi connectivity index (χ3v) is 3.16. The second kappa shape index (κ2) is 5.40. The highest BCUT2D eigenvalue weighted by Crippen LogP contribution is 2.37. The Morgan fingerprint density at radius 1 is 1.58 bits per heavy atom. The molecule has 0 spiro atoms. The van der Waals surface area contributed by atoms with E-state index in [1.165, 1.54) is 16.8 Å². The van der Waals surface area contributed by atoms with Gasteiger partial charge in [-0.25, -0.2) is 9.36 Å². The number of hydrogen-bond acceptors (Lipinski definition) is 6. The first kappa shape index (κ1) is 14.2. The Kier molecular flexibility index (Phi) is 4.02. The molecule has 2 heterocycles. The van der Waals surface area contributed by atoms with E-state index in [0.29, 0.717) is 12.8 Å². The van der Waals surface area contributed by atoms with Crippen LogP contribution in [0.1, 0.15) is 19.1 Å². The number of nitrogens with zero attached hydrogens (tertiary/aromatic N) is 2. The first-order chi connectivity index (χ1) is 8.85. The van der Waals surface area contributed by atoms with Gasteiger partial charge >= 0.3 is 13.5 Å². The van der Waals surface area contributed by atoms with E-state index in [2.05, 4.69) is 9.51 Å². The lowest BCUT2D eigenvalue weighted by Gasteiger charge is -2.15. The van der Waals surface area contributed by atoms with Gasteiger partial charge in [0.25, 0.3) is 0 Å². The molecule has 0 amide bonds. The molecule has 1 unspecified atom stereocenters. The van der Waals surface area contributed by atoms with Crippen molar-refractivity contribution in [2.45, 2.75) is 25.2 Å². The van der Waals surface area contributed by atoms with Crippen molar-refractivity contribution in [2.24, 2.45) is 0 Å². The van der Waals surface area contributed by atoms with Crippen molar-refractivity contribution >= 4 is 13.6 Å². The van der Waals surface area contributed by atoms with E-state index in [1.54, 1.807) is 0 Å².